The molecule has 56 heavy (non-hydrogen) atoms. The average Bonchev–Trinajstić information content (AvgIpc) is 3.13. The molecular formula is C50H68ClN2NaO2. The molecule has 3 atom stereocenters. The molecule has 0 aromatic heterocycles. The summed E-state index contributed by atoms with van der Waals surface area (Å²) in [5.74, 6) is 2.91. The third kappa shape index (κ3) is 25.1. The molecule has 0 radical (unpaired) electrons. The number of carbonyl (C=O) groups is 1. The van der Waals surface area contributed by atoms with E-state index in [1.165, 1.54) is 27.8 Å². The average molecular weight is 788 g/mol. The number of benzene rings is 4. The Labute approximate surface area is 369 Å². The fourth-order valence-electron chi connectivity index (χ4n) is 5.63. The first-order valence-corrected chi connectivity index (χ1v) is 20.2. The van der Waals surface area contributed by atoms with Gasteiger partial charge in [-0.2, -0.15) is 5.26 Å². The van der Waals surface area contributed by atoms with Crippen LogP contribution in [0.1, 0.15) is 150 Å². The van der Waals surface area contributed by atoms with E-state index in [1.807, 2.05) is 50.2 Å². The van der Waals surface area contributed by atoms with Crippen LogP contribution in [-0.4, -0.2) is 10.9 Å². The normalized spacial score (nSPS) is 11.8. The van der Waals surface area contributed by atoms with Crippen molar-refractivity contribution < 1.29 is 39.5 Å². The van der Waals surface area contributed by atoms with Gasteiger partial charge in [-0.3, -0.25) is 4.79 Å². The number of hydrogen-bond donors (Lipinski definition) is 1. The second-order valence-electron chi connectivity index (χ2n) is 16.0. The molecule has 3 unspecified atom stereocenters. The second-order valence-corrected chi connectivity index (χ2v) is 16.7. The molecule has 4 nitrogen and oxygen atoms in total. The van der Waals surface area contributed by atoms with E-state index in [0.717, 1.165) is 48.3 Å². The molecule has 0 spiro atoms. The molecule has 0 amide bonds. The van der Waals surface area contributed by atoms with E-state index >= 15 is 0 Å². The number of nitriles is 1. The Bertz CT molecular complexity index is 1590. The van der Waals surface area contributed by atoms with Crippen LogP contribution in [0.5, 0.6) is 0 Å². The zero-order valence-corrected chi connectivity index (χ0v) is 39.5. The first-order chi connectivity index (χ1) is 25.9. The van der Waals surface area contributed by atoms with E-state index in [0.29, 0.717) is 17.8 Å². The van der Waals surface area contributed by atoms with Gasteiger partial charge in [-0.05, 0) is 116 Å². The van der Waals surface area contributed by atoms with Gasteiger partial charge in [0, 0.05) is 5.56 Å². The van der Waals surface area contributed by atoms with Crippen LogP contribution in [0.2, 0.25) is 0 Å². The Kier molecular flexibility index (Phi) is 30.2. The first-order valence-electron chi connectivity index (χ1n) is 19.7. The molecule has 0 saturated carbocycles. The van der Waals surface area contributed by atoms with Crippen molar-refractivity contribution in [2.75, 3.05) is 0 Å². The summed E-state index contributed by atoms with van der Waals surface area (Å²) in [5, 5.41) is 24.4. The summed E-state index contributed by atoms with van der Waals surface area (Å²) in [6, 6.07) is 35.3. The Hall–Kier alpha value is -3.22. The van der Waals surface area contributed by atoms with Gasteiger partial charge >= 0.3 is 29.6 Å². The van der Waals surface area contributed by atoms with Crippen LogP contribution >= 0.6 is 11.6 Å². The number of nitrogens with zero attached hydrogens (tertiary/aromatic N) is 2. The van der Waals surface area contributed by atoms with E-state index < -0.39 is 0 Å². The summed E-state index contributed by atoms with van der Waals surface area (Å²) in [5.41, 5.74) is 9.51. The number of rotatable bonds is 12. The Morgan fingerprint density at radius 2 is 0.821 bits per heavy atom. The van der Waals surface area contributed by atoms with Gasteiger partial charge in [0.1, 0.15) is 0 Å². The summed E-state index contributed by atoms with van der Waals surface area (Å²) in [6.45, 7) is 29.8. The number of aliphatic hydroxyl groups is 1. The van der Waals surface area contributed by atoms with Crippen molar-refractivity contribution in [2.24, 2.45) is 23.7 Å². The van der Waals surface area contributed by atoms with Crippen LogP contribution in [-0.2, 0) is 25.7 Å². The van der Waals surface area contributed by atoms with Crippen molar-refractivity contribution >= 4 is 17.4 Å². The first kappa shape index (κ1) is 54.9. The third-order valence-electron chi connectivity index (χ3n) is 8.51. The standard InChI is InChI=1S/C13H17N.C12H17Cl.C12H18O.C12H16O.CN.Na/c1-10(2)8-12-4-6-13(7-5-12)11(3)9-14;3*1-9(2)8-11-4-6-12(7-5-11)10(3)13;1-2;/h4-7,10-11H,8H2,1-3H3;4-7,9-10H,8H2,1-3H3;4-7,9-10,13H,8H2,1-3H3;4-7,9H,8H2,1-3H3;;/q;;;;-1;+1. The number of ketones is 1. The number of hydrogen-bond acceptors (Lipinski definition) is 4. The van der Waals surface area contributed by atoms with Crippen molar-refractivity contribution in [3.8, 4) is 6.07 Å². The van der Waals surface area contributed by atoms with Gasteiger partial charge in [0.2, 0.25) is 0 Å². The van der Waals surface area contributed by atoms with Crippen molar-refractivity contribution in [2.45, 2.75) is 126 Å². The summed E-state index contributed by atoms with van der Waals surface area (Å²) >= 11 is 5.96. The van der Waals surface area contributed by atoms with Crippen molar-refractivity contribution in [1.82, 2.24) is 0 Å². The topological polar surface area (TPSA) is 84.9 Å². The molecule has 0 aliphatic rings. The molecule has 298 valence electrons. The maximum atomic E-state index is 11.0. The van der Waals surface area contributed by atoms with Crippen LogP contribution in [0.25, 0.3) is 0 Å². The fraction of sp³-hybridized carbons (Fsp3) is 0.460. The molecule has 1 N–H and O–H groups in total. The van der Waals surface area contributed by atoms with Gasteiger partial charge in [-0.25, -0.2) is 0 Å². The fourth-order valence-corrected chi connectivity index (χ4v) is 5.77. The van der Waals surface area contributed by atoms with Gasteiger partial charge < -0.3 is 16.9 Å². The van der Waals surface area contributed by atoms with E-state index in [2.05, 4.69) is 122 Å². The Morgan fingerprint density at radius 1 is 0.554 bits per heavy atom. The van der Waals surface area contributed by atoms with E-state index in [9.17, 15) is 9.90 Å². The molecule has 0 heterocycles. The SMILES string of the molecule is CC(=O)c1ccc(CC(C)C)cc1.CC(C)Cc1ccc(C(C)C#N)cc1.CC(C)Cc1ccc(C(C)Cl)cc1.CC(C)Cc1ccc(C(C)O)cc1.[C-]#N.[Na+]. The van der Waals surface area contributed by atoms with Gasteiger partial charge in [0.05, 0.1) is 23.5 Å². The quantitative estimate of drug-likeness (QED) is 0.0671. The minimum Gasteiger partial charge on any atom is -0.512 e. The predicted molar refractivity (Wildman–Crippen MR) is 234 cm³/mol. The van der Waals surface area contributed by atoms with Crippen molar-refractivity contribution in [3.63, 3.8) is 0 Å². The van der Waals surface area contributed by atoms with Gasteiger partial charge in [0.15, 0.2) is 5.78 Å². The molecule has 4 aromatic rings. The minimum absolute atomic E-state index is 0. The second kappa shape index (κ2) is 30.9. The van der Waals surface area contributed by atoms with Crippen LogP contribution in [0.4, 0.5) is 0 Å². The molecule has 0 aliphatic heterocycles. The number of Topliss-reactive ketones (excluding diaryl/α,β-unsaturated/α-hetero) is 1. The van der Waals surface area contributed by atoms with Crippen molar-refractivity contribution in [3.05, 3.63) is 148 Å². The third-order valence-corrected chi connectivity index (χ3v) is 8.76. The van der Waals surface area contributed by atoms with E-state index in [4.69, 9.17) is 28.7 Å². The zero-order chi connectivity index (χ0) is 42.1. The van der Waals surface area contributed by atoms with Gasteiger partial charge in [-0.15, -0.1) is 11.6 Å². The molecule has 0 fully saturated rings. The molecule has 4 aromatic carbocycles. The van der Waals surface area contributed by atoms with Crippen LogP contribution in [0.15, 0.2) is 97.1 Å². The zero-order valence-electron chi connectivity index (χ0n) is 36.7. The summed E-state index contributed by atoms with van der Waals surface area (Å²) in [4.78, 5) is 11.0. The molecule has 0 aliphatic carbocycles. The molecular weight excluding hydrogens is 719 g/mol. The minimum atomic E-state index is -0.354. The Morgan fingerprint density at radius 3 is 1.05 bits per heavy atom. The van der Waals surface area contributed by atoms with Crippen molar-refractivity contribution in [1.29, 1.82) is 10.5 Å². The van der Waals surface area contributed by atoms with Crippen LogP contribution < -0.4 is 29.6 Å². The summed E-state index contributed by atoms with van der Waals surface area (Å²) in [7, 11) is 0. The number of halogens is 1. The maximum Gasteiger partial charge on any atom is 1.00 e. The number of alkyl halides is 1. The number of aliphatic hydroxyl groups excluding tert-OH is 1. The van der Waals surface area contributed by atoms with Gasteiger partial charge in [-0.1, -0.05) is 152 Å². The van der Waals surface area contributed by atoms with E-state index in [-0.39, 0.29) is 52.7 Å². The van der Waals surface area contributed by atoms with Crippen LogP contribution in [0, 0.1) is 46.8 Å². The van der Waals surface area contributed by atoms with Crippen LogP contribution in [0.3, 0.4) is 0 Å². The smallest absolute Gasteiger partial charge is 0.512 e. The molecule has 6 heteroatoms. The Balaban J connectivity index is 0. The predicted octanol–water partition coefficient (Wildman–Crippen LogP) is 10.8. The maximum absolute atomic E-state index is 11.0. The summed E-state index contributed by atoms with van der Waals surface area (Å²) in [6.07, 6.45) is 4.10. The van der Waals surface area contributed by atoms with E-state index in [1.54, 1.807) is 13.8 Å². The molecule has 4 rings (SSSR count). The largest absolute Gasteiger partial charge is 1.00 e. The number of carbonyl (C=O) groups excluding carboxylic acids is 1. The molecule has 0 bridgehead atoms. The monoisotopic (exact) mass is 786 g/mol. The summed E-state index contributed by atoms with van der Waals surface area (Å²) < 4.78 is 0. The van der Waals surface area contributed by atoms with Gasteiger partial charge in [0.25, 0.3) is 0 Å². The molecule has 0 saturated heterocycles.